The topological polar surface area (TPSA) is 43.9 Å². The molecule has 0 aliphatic carbocycles. The van der Waals surface area contributed by atoms with Gasteiger partial charge in [-0.15, -0.1) is 0 Å². The Labute approximate surface area is 133 Å². The number of hydrogen-bond acceptors (Lipinski definition) is 2. The van der Waals surface area contributed by atoms with Gasteiger partial charge in [0, 0.05) is 23.5 Å². The van der Waals surface area contributed by atoms with E-state index in [-0.39, 0.29) is 12.4 Å². The van der Waals surface area contributed by atoms with Crippen LogP contribution in [0, 0.1) is 11.0 Å². The van der Waals surface area contributed by atoms with Crippen LogP contribution in [-0.2, 0) is 13.1 Å². The number of benzene rings is 2. The summed E-state index contributed by atoms with van der Waals surface area (Å²) in [5, 5.41) is 12.7. The van der Waals surface area contributed by atoms with Gasteiger partial charge in [-0.3, -0.25) is 0 Å². The van der Waals surface area contributed by atoms with Gasteiger partial charge < -0.3 is 9.77 Å². The van der Waals surface area contributed by atoms with E-state index in [0.29, 0.717) is 17.8 Å². The summed E-state index contributed by atoms with van der Waals surface area (Å²) in [5.41, 5.74) is 2.19. The Hall–Kier alpha value is -2.95. The Morgan fingerprint density at radius 1 is 1.09 bits per heavy atom. The quantitative estimate of drug-likeness (QED) is 0.314. The second kappa shape index (κ2) is 6.87. The second-order valence-corrected chi connectivity index (χ2v) is 5.21. The van der Waals surface area contributed by atoms with Gasteiger partial charge in [-0.05, 0) is 24.3 Å². The second-order valence-electron chi connectivity index (χ2n) is 5.21. The van der Waals surface area contributed by atoms with E-state index in [4.69, 9.17) is 0 Å². The van der Waals surface area contributed by atoms with Crippen molar-refractivity contribution >= 4 is 5.71 Å². The first kappa shape index (κ1) is 15.0. The highest BCUT2D eigenvalue weighted by Crippen LogP contribution is 2.09. The van der Waals surface area contributed by atoms with Crippen LogP contribution in [0.1, 0.15) is 11.1 Å². The molecule has 3 aromatic rings. The molecule has 23 heavy (non-hydrogen) atoms. The first-order valence-electron chi connectivity index (χ1n) is 7.28. The molecule has 0 aliphatic rings. The van der Waals surface area contributed by atoms with Crippen LogP contribution in [0.15, 0.2) is 73.3 Å². The van der Waals surface area contributed by atoms with Crippen LogP contribution >= 0.6 is 0 Å². The molecule has 2 aromatic carbocycles. The highest BCUT2D eigenvalue weighted by atomic mass is 19.1. The maximum Gasteiger partial charge on any atom is 0.214 e. The number of nitrogens with zero attached hydrogens (tertiary/aromatic N) is 3. The predicted molar refractivity (Wildman–Crippen MR) is 86.5 cm³/mol. The minimum atomic E-state index is -0.323. The van der Waals surface area contributed by atoms with Gasteiger partial charge in [0.2, 0.25) is 5.71 Å². The molecule has 0 saturated heterocycles. The highest BCUT2D eigenvalue weighted by Gasteiger charge is 2.14. The summed E-state index contributed by atoms with van der Waals surface area (Å²) >= 11 is 0. The lowest BCUT2D eigenvalue weighted by Gasteiger charge is -2.12. The molecule has 0 spiro atoms. The molecule has 0 unspecified atom stereocenters. The zero-order valence-electron chi connectivity index (χ0n) is 12.5. The van der Waals surface area contributed by atoms with E-state index in [0.717, 1.165) is 10.3 Å². The molecule has 0 amide bonds. The summed E-state index contributed by atoms with van der Waals surface area (Å²) in [6.07, 6.45) is 5.11. The van der Waals surface area contributed by atoms with Crippen LogP contribution in [0.2, 0.25) is 0 Å². The van der Waals surface area contributed by atoms with Crippen molar-refractivity contribution in [1.29, 1.82) is 0 Å². The Bertz CT molecular complexity index is 781. The van der Waals surface area contributed by atoms with Crippen molar-refractivity contribution in [3.8, 4) is 0 Å². The minimum absolute atomic E-state index is 0.238. The molecular formula is C18H16FN3O. The van der Waals surface area contributed by atoms with Crippen molar-refractivity contribution in [2.75, 3.05) is 0 Å². The van der Waals surface area contributed by atoms with Crippen LogP contribution in [0.3, 0.4) is 0 Å². The molecule has 0 N–H and O–H groups in total. The number of aromatic nitrogens is 2. The standard InChI is InChI=1S/C18H16FN3O/c19-17-8-6-16(7-9-17)18(13-21-11-10-20-14-21)22(23)12-15-4-2-1-3-5-15/h1-11,14H,12-13H2/b22-18-. The molecule has 1 aromatic heterocycles. The molecule has 0 aliphatic heterocycles. The van der Waals surface area contributed by atoms with Gasteiger partial charge in [0.05, 0.1) is 6.33 Å². The largest absolute Gasteiger partial charge is 0.623 e. The van der Waals surface area contributed by atoms with Crippen LogP contribution in [-0.4, -0.2) is 20.0 Å². The average molecular weight is 309 g/mol. The Kier molecular flexibility index (Phi) is 4.47. The maximum absolute atomic E-state index is 13.2. The van der Waals surface area contributed by atoms with Crippen LogP contribution in [0.5, 0.6) is 0 Å². The van der Waals surface area contributed by atoms with Crippen molar-refractivity contribution in [2.24, 2.45) is 0 Å². The third kappa shape index (κ3) is 3.83. The summed E-state index contributed by atoms with van der Waals surface area (Å²) in [6, 6.07) is 15.5. The van der Waals surface area contributed by atoms with Gasteiger partial charge in [0.1, 0.15) is 12.4 Å². The number of rotatable bonds is 5. The van der Waals surface area contributed by atoms with Crippen molar-refractivity contribution in [2.45, 2.75) is 13.1 Å². The molecule has 0 atom stereocenters. The van der Waals surface area contributed by atoms with Crippen LogP contribution in [0.25, 0.3) is 0 Å². The van der Waals surface area contributed by atoms with E-state index in [1.165, 1.54) is 12.1 Å². The Balaban J connectivity index is 1.95. The van der Waals surface area contributed by atoms with Gasteiger partial charge in [0.15, 0.2) is 6.54 Å². The van der Waals surface area contributed by atoms with Crippen molar-refractivity contribution in [3.05, 3.63) is 95.5 Å². The molecule has 0 saturated carbocycles. The maximum atomic E-state index is 13.2. The van der Waals surface area contributed by atoms with E-state index >= 15 is 0 Å². The monoisotopic (exact) mass is 309 g/mol. The SMILES string of the molecule is [O-]/[N+](Cc1ccccc1)=C(/Cn1ccnc1)c1ccc(F)cc1. The first-order valence-corrected chi connectivity index (χ1v) is 7.28. The van der Waals surface area contributed by atoms with E-state index < -0.39 is 0 Å². The molecule has 116 valence electrons. The van der Waals surface area contributed by atoms with E-state index in [1.807, 2.05) is 34.9 Å². The average Bonchev–Trinajstić information content (AvgIpc) is 3.08. The fraction of sp³-hybridized carbons (Fsp3) is 0.111. The van der Waals surface area contributed by atoms with Crippen molar-refractivity contribution in [1.82, 2.24) is 9.55 Å². The molecule has 1 heterocycles. The third-order valence-electron chi connectivity index (χ3n) is 3.54. The molecule has 4 nitrogen and oxygen atoms in total. The predicted octanol–water partition coefficient (Wildman–Crippen LogP) is 3.22. The summed E-state index contributed by atoms with van der Waals surface area (Å²) in [6.45, 7) is 0.615. The summed E-state index contributed by atoms with van der Waals surface area (Å²) in [7, 11) is 0. The number of imidazole rings is 1. The summed E-state index contributed by atoms with van der Waals surface area (Å²) in [5.74, 6) is -0.323. The van der Waals surface area contributed by atoms with Gasteiger partial charge in [-0.25, -0.2) is 14.1 Å². The summed E-state index contributed by atoms with van der Waals surface area (Å²) in [4.78, 5) is 4.00. The fourth-order valence-electron chi connectivity index (χ4n) is 2.35. The molecular weight excluding hydrogens is 293 g/mol. The van der Waals surface area contributed by atoms with Crippen molar-refractivity contribution < 1.29 is 9.13 Å². The Morgan fingerprint density at radius 3 is 2.48 bits per heavy atom. The lowest BCUT2D eigenvalue weighted by Crippen LogP contribution is -2.22. The lowest BCUT2D eigenvalue weighted by molar-refractivity contribution is -0.475. The number of hydrogen-bond donors (Lipinski definition) is 0. The normalized spacial score (nSPS) is 12.0. The van der Waals surface area contributed by atoms with E-state index in [2.05, 4.69) is 4.98 Å². The van der Waals surface area contributed by atoms with Gasteiger partial charge in [-0.2, -0.15) is 0 Å². The zero-order valence-corrected chi connectivity index (χ0v) is 12.5. The van der Waals surface area contributed by atoms with Gasteiger partial charge >= 0.3 is 0 Å². The van der Waals surface area contributed by atoms with Crippen molar-refractivity contribution in [3.63, 3.8) is 0 Å². The minimum Gasteiger partial charge on any atom is -0.623 e. The number of hydroxylamine groups is 1. The van der Waals surface area contributed by atoms with Crippen LogP contribution < -0.4 is 0 Å². The van der Waals surface area contributed by atoms with E-state index in [1.54, 1.807) is 30.9 Å². The molecule has 0 radical (unpaired) electrons. The summed E-state index contributed by atoms with van der Waals surface area (Å²) < 4.78 is 15.9. The smallest absolute Gasteiger partial charge is 0.214 e. The highest BCUT2D eigenvalue weighted by molar-refractivity contribution is 5.96. The van der Waals surface area contributed by atoms with Gasteiger partial charge in [-0.1, -0.05) is 30.3 Å². The number of halogens is 1. The molecule has 0 fully saturated rings. The fourth-order valence-corrected chi connectivity index (χ4v) is 2.35. The third-order valence-corrected chi connectivity index (χ3v) is 3.54. The van der Waals surface area contributed by atoms with Gasteiger partial charge in [0.25, 0.3) is 0 Å². The molecule has 3 rings (SSSR count). The van der Waals surface area contributed by atoms with E-state index in [9.17, 15) is 9.60 Å². The zero-order chi connectivity index (χ0) is 16.1. The first-order chi connectivity index (χ1) is 11.2. The van der Waals surface area contributed by atoms with Crippen LogP contribution in [0.4, 0.5) is 4.39 Å². The Morgan fingerprint density at radius 2 is 1.83 bits per heavy atom. The molecule has 5 heteroatoms. The lowest BCUT2D eigenvalue weighted by atomic mass is 10.1. The molecule has 0 bridgehead atoms.